The maximum Gasteiger partial charge on any atom is 0.213 e. The molecule has 5 nitrogen and oxygen atoms in total. The van der Waals surface area contributed by atoms with Crippen LogP contribution in [0.1, 0.15) is 24.1 Å². The molecule has 0 aromatic carbocycles. The fourth-order valence-electron chi connectivity index (χ4n) is 1.90. The molecule has 1 atom stereocenters. The molecular formula is C10H17N3O2S2. The van der Waals surface area contributed by atoms with Crippen LogP contribution in [-0.4, -0.2) is 31.7 Å². The van der Waals surface area contributed by atoms with Crippen molar-refractivity contribution in [2.45, 2.75) is 31.8 Å². The third kappa shape index (κ3) is 4.34. The number of rotatable bonds is 5. The summed E-state index contributed by atoms with van der Waals surface area (Å²) < 4.78 is 26.3. The zero-order chi connectivity index (χ0) is 12.1. The minimum atomic E-state index is -3.19. The van der Waals surface area contributed by atoms with Crippen LogP contribution in [0.3, 0.4) is 0 Å². The summed E-state index contributed by atoms with van der Waals surface area (Å²) in [6.45, 7) is 1.27. The topological polar surface area (TPSA) is 71.1 Å². The molecule has 1 unspecified atom stereocenters. The zero-order valence-corrected chi connectivity index (χ0v) is 11.2. The lowest BCUT2D eigenvalue weighted by atomic mass is 10.1. The third-order valence-corrected chi connectivity index (χ3v) is 4.99. The monoisotopic (exact) mass is 275 g/mol. The molecule has 0 aliphatic carbocycles. The van der Waals surface area contributed by atoms with Gasteiger partial charge in [0.05, 0.1) is 11.3 Å². The van der Waals surface area contributed by atoms with E-state index in [1.54, 1.807) is 11.7 Å². The van der Waals surface area contributed by atoms with Gasteiger partial charge in [0, 0.05) is 23.7 Å². The molecule has 0 amide bonds. The number of nitrogens with one attached hydrogen (secondary N) is 2. The van der Waals surface area contributed by atoms with Crippen LogP contribution in [0.25, 0.3) is 0 Å². The summed E-state index contributed by atoms with van der Waals surface area (Å²) in [5.41, 5.74) is 1.70. The van der Waals surface area contributed by atoms with Crippen LogP contribution in [0.5, 0.6) is 0 Å². The first-order valence-electron chi connectivity index (χ1n) is 5.74. The molecular weight excluding hydrogens is 258 g/mol. The Morgan fingerprint density at radius 3 is 3.06 bits per heavy atom. The van der Waals surface area contributed by atoms with Gasteiger partial charge in [-0.2, -0.15) is 0 Å². The third-order valence-electron chi connectivity index (χ3n) is 2.78. The molecule has 2 rings (SSSR count). The molecule has 17 heavy (non-hydrogen) atoms. The zero-order valence-electron chi connectivity index (χ0n) is 9.55. The average Bonchev–Trinajstić information content (AvgIpc) is 2.80. The molecule has 0 radical (unpaired) electrons. The van der Waals surface area contributed by atoms with Gasteiger partial charge < -0.3 is 5.32 Å². The van der Waals surface area contributed by atoms with Gasteiger partial charge >= 0.3 is 0 Å². The van der Waals surface area contributed by atoms with Crippen molar-refractivity contribution in [3.05, 3.63) is 16.6 Å². The Morgan fingerprint density at radius 1 is 1.53 bits per heavy atom. The van der Waals surface area contributed by atoms with E-state index in [0.29, 0.717) is 6.54 Å². The second kappa shape index (κ2) is 5.90. The van der Waals surface area contributed by atoms with E-state index in [9.17, 15) is 8.42 Å². The molecule has 7 heteroatoms. The van der Waals surface area contributed by atoms with Crippen LogP contribution in [0, 0.1) is 0 Å². The van der Waals surface area contributed by atoms with E-state index in [2.05, 4.69) is 15.0 Å². The van der Waals surface area contributed by atoms with Gasteiger partial charge in [-0.1, -0.05) is 6.42 Å². The van der Waals surface area contributed by atoms with E-state index in [0.717, 1.165) is 30.7 Å². The van der Waals surface area contributed by atoms with Gasteiger partial charge in [-0.25, -0.2) is 13.1 Å². The number of nitrogens with zero attached hydrogens (tertiary/aromatic N) is 1. The fraction of sp³-hybridized carbons (Fsp3) is 0.700. The maximum absolute atomic E-state index is 11.8. The van der Waals surface area contributed by atoms with Crippen LogP contribution < -0.4 is 10.0 Å². The lowest BCUT2D eigenvalue weighted by Gasteiger charge is -2.23. The Morgan fingerprint density at radius 2 is 2.41 bits per heavy atom. The van der Waals surface area contributed by atoms with E-state index in [4.69, 9.17) is 0 Å². The maximum atomic E-state index is 11.8. The van der Waals surface area contributed by atoms with Crippen molar-refractivity contribution in [3.63, 3.8) is 0 Å². The number of thiazole rings is 1. The highest BCUT2D eigenvalue weighted by molar-refractivity contribution is 7.89. The Hall–Kier alpha value is -0.500. The summed E-state index contributed by atoms with van der Waals surface area (Å²) in [4.78, 5) is 4.85. The normalized spacial score (nSPS) is 21.5. The highest BCUT2D eigenvalue weighted by Gasteiger charge is 2.20. The molecule has 2 N–H and O–H groups in total. The number of aromatic nitrogens is 1. The molecule has 1 aromatic rings. The first kappa shape index (κ1) is 12.9. The SMILES string of the molecule is O=S(=O)(CC1CCCCN1)NCc1cncs1. The number of piperidine rings is 1. The molecule has 1 aliphatic rings. The Balaban J connectivity index is 1.81. The quantitative estimate of drug-likeness (QED) is 0.830. The van der Waals surface area contributed by atoms with Crippen molar-refractivity contribution in [2.24, 2.45) is 0 Å². The van der Waals surface area contributed by atoms with Crippen molar-refractivity contribution in [1.29, 1.82) is 0 Å². The number of hydrogen-bond donors (Lipinski definition) is 2. The molecule has 1 fully saturated rings. The molecule has 1 aromatic heterocycles. The average molecular weight is 275 g/mol. The predicted octanol–water partition coefficient (Wildman–Crippen LogP) is 0.705. The molecule has 1 aliphatic heterocycles. The predicted molar refractivity (Wildman–Crippen MR) is 68.4 cm³/mol. The van der Waals surface area contributed by atoms with E-state index in [1.165, 1.54) is 11.3 Å². The van der Waals surface area contributed by atoms with Crippen LogP contribution in [0.4, 0.5) is 0 Å². The molecule has 2 heterocycles. The summed E-state index contributed by atoms with van der Waals surface area (Å²) in [5.74, 6) is 0.172. The van der Waals surface area contributed by atoms with Crippen molar-refractivity contribution in [3.8, 4) is 0 Å². The molecule has 96 valence electrons. The number of sulfonamides is 1. The molecule has 0 spiro atoms. The van der Waals surface area contributed by atoms with E-state index < -0.39 is 10.0 Å². The van der Waals surface area contributed by atoms with Gasteiger partial charge in [0.15, 0.2) is 0 Å². The van der Waals surface area contributed by atoms with Gasteiger partial charge in [0.1, 0.15) is 0 Å². The van der Waals surface area contributed by atoms with E-state index in [-0.39, 0.29) is 11.8 Å². The van der Waals surface area contributed by atoms with Gasteiger partial charge in [0.2, 0.25) is 10.0 Å². The second-order valence-electron chi connectivity index (χ2n) is 4.22. The van der Waals surface area contributed by atoms with Crippen molar-refractivity contribution >= 4 is 21.4 Å². The van der Waals surface area contributed by atoms with Gasteiger partial charge in [-0.05, 0) is 19.4 Å². The molecule has 0 bridgehead atoms. The Labute approximate surface area is 106 Å². The highest BCUT2D eigenvalue weighted by atomic mass is 32.2. The van der Waals surface area contributed by atoms with Gasteiger partial charge in [0.25, 0.3) is 0 Å². The summed E-state index contributed by atoms with van der Waals surface area (Å²) in [6, 6.07) is 0.0997. The van der Waals surface area contributed by atoms with Crippen molar-refractivity contribution < 1.29 is 8.42 Å². The van der Waals surface area contributed by atoms with Crippen LogP contribution in [-0.2, 0) is 16.6 Å². The van der Waals surface area contributed by atoms with Crippen LogP contribution in [0.2, 0.25) is 0 Å². The van der Waals surface area contributed by atoms with Gasteiger partial charge in [-0.15, -0.1) is 11.3 Å². The first-order chi connectivity index (χ1) is 8.16. The minimum absolute atomic E-state index is 0.0997. The standard InChI is InChI=1S/C10H17N3O2S2/c14-17(15,7-9-3-1-2-4-12-9)13-6-10-5-11-8-16-10/h5,8-9,12-13H,1-4,6-7H2. The molecule has 0 saturated carbocycles. The highest BCUT2D eigenvalue weighted by Crippen LogP contribution is 2.10. The van der Waals surface area contributed by atoms with Crippen molar-refractivity contribution in [1.82, 2.24) is 15.0 Å². The molecule has 1 saturated heterocycles. The summed E-state index contributed by atoms with van der Waals surface area (Å²) in [5, 5.41) is 3.24. The minimum Gasteiger partial charge on any atom is -0.313 e. The fourth-order valence-corrected chi connectivity index (χ4v) is 3.83. The second-order valence-corrected chi connectivity index (χ2v) is 7.04. The summed E-state index contributed by atoms with van der Waals surface area (Å²) in [7, 11) is -3.19. The Bertz CT molecular complexity index is 424. The lowest BCUT2D eigenvalue weighted by Crippen LogP contribution is -2.42. The van der Waals surface area contributed by atoms with Crippen molar-refractivity contribution in [2.75, 3.05) is 12.3 Å². The lowest BCUT2D eigenvalue weighted by molar-refractivity contribution is 0.422. The van der Waals surface area contributed by atoms with Crippen LogP contribution >= 0.6 is 11.3 Å². The largest absolute Gasteiger partial charge is 0.313 e. The smallest absolute Gasteiger partial charge is 0.213 e. The van der Waals surface area contributed by atoms with E-state index in [1.807, 2.05) is 0 Å². The Kier molecular flexibility index (Phi) is 4.49. The van der Waals surface area contributed by atoms with Crippen LogP contribution in [0.15, 0.2) is 11.7 Å². The summed E-state index contributed by atoms with van der Waals surface area (Å²) in [6.07, 6.45) is 4.89. The first-order valence-corrected chi connectivity index (χ1v) is 8.27. The van der Waals surface area contributed by atoms with E-state index >= 15 is 0 Å². The number of hydrogen-bond acceptors (Lipinski definition) is 5. The summed E-state index contributed by atoms with van der Waals surface area (Å²) >= 11 is 1.46. The van der Waals surface area contributed by atoms with Gasteiger partial charge in [-0.3, -0.25) is 4.98 Å².